The quantitative estimate of drug-likeness (QED) is 0.178. The molecule has 3 heteroatoms. The van der Waals surface area contributed by atoms with Crippen molar-refractivity contribution >= 4 is 0 Å². The van der Waals surface area contributed by atoms with Crippen molar-refractivity contribution in [2.24, 2.45) is 0 Å². The van der Waals surface area contributed by atoms with E-state index in [1.165, 1.54) is 66.8 Å². The first-order chi connectivity index (χ1) is 27.3. The minimum Gasteiger partial charge on any atom is -0.208 e. The Labute approximate surface area is 328 Å². The Morgan fingerprint density at radius 1 is 0.429 bits per heavy atom. The molecule has 0 radical (unpaired) electrons. The molecule has 0 amide bonds. The lowest BCUT2D eigenvalue weighted by Crippen LogP contribution is -2.20. The highest BCUT2D eigenvalue weighted by atomic mass is 15.0. The Kier molecular flexibility index (Phi) is 7.07. The van der Waals surface area contributed by atoms with Crippen LogP contribution in [-0.4, -0.2) is 15.0 Å². The molecule has 0 fully saturated rings. The first kappa shape index (κ1) is 32.9. The fourth-order valence-electron chi connectivity index (χ4n) is 9.99. The van der Waals surface area contributed by atoms with E-state index in [9.17, 15) is 0 Å². The second-order valence-electron chi connectivity index (χ2n) is 16.5. The van der Waals surface area contributed by atoms with Crippen LogP contribution in [0.25, 0.3) is 78.7 Å². The number of rotatable bonds is 5. The maximum Gasteiger partial charge on any atom is 0.164 e. The van der Waals surface area contributed by atoms with Gasteiger partial charge in [-0.2, -0.15) is 0 Å². The fraction of sp³-hybridized carbons (Fsp3) is 0.151. The SMILES string of the molecule is CCC1(C)c2ccc(-c3nc(-c4cccc(-c5ccccc5)c4)nc(-c4ccc5c(c4)C(C)(C)c4ccccc4-5)n3)cc2-c2ccc3c(c21)-c1ccccc1C3. The van der Waals surface area contributed by atoms with E-state index in [-0.39, 0.29) is 10.8 Å². The van der Waals surface area contributed by atoms with E-state index in [2.05, 4.69) is 179 Å². The summed E-state index contributed by atoms with van der Waals surface area (Å²) in [6.07, 6.45) is 2.01. The van der Waals surface area contributed by atoms with Gasteiger partial charge in [-0.15, -0.1) is 0 Å². The molecule has 3 nitrogen and oxygen atoms in total. The Balaban J connectivity index is 1.09. The first-order valence-electron chi connectivity index (χ1n) is 19.9. The highest BCUT2D eigenvalue weighted by Crippen LogP contribution is 2.57. The molecule has 3 aliphatic rings. The Morgan fingerprint density at radius 3 is 1.82 bits per heavy atom. The lowest BCUT2D eigenvalue weighted by molar-refractivity contribution is 0.566. The summed E-state index contributed by atoms with van der Waals surface area (Å²) in [7, 11) is 0. The van der Waals surface area contributed by atoms with Crippen molar-refractivity contribution in [3.63, 3.8) is 0 Å². The van der Waals surface area contributed by atoms with Crippen LogP contribution in [0, 0.1) is 0 Å². The summed E-state index contributed by atoms with van der Waals surface area (Å²) in [5.41, 5.74) is 21.4. The van der Waals surface area contributed by atoms with Crippen molar-refractivity contribution in [3.8, 4) is 78.7 Å². The number of benzene rings is 7. The predicted molar refractivity (Wildman–Crippen MR) is 230 cm³/mol. The highest BCUT2D eigenvalue weighted by Gasteiger charge is 2.42. The molecule has 0 spiro atoms. The average Bonchev–Trinajstić information content (AvgIpc) is 3.84. The molecule has 3 aliphatic carbocycles. The van der Waals surface area contributed by atoms with E-state index in [0.29, 0.717) is 17.5 Å². The van der Waals surface area contributed by atoms with Gasteiger partial charge in [0.25, 0.3) is 0 Å². The van der Waals surface area contributed by atoms with Crippen LogP contribution in [0.4, 0.5) is 0 Å². The molecule has 1 heterocycles. The van der Waals surface area contributed by atoms with Crippen LogP contribution in [0.3, 0.4) is 0 Å². The fourth-order valence-corrected chi connectivity index (χ4v) is 9.99. The number of hydrogen-bond donors (Lipinski definition) is 0. The number of fused-ring (bicyclic) bond motifs is 10. The molecular weight excluding hydrogens is 679 g/mol. The maximum absolute atomic E-state index is 5.31. The van der Waals surface area contributed by atoms with Gasteiger partial charge < -0.3 is 0 Å². The minimum atomic E-state index is -0.134. The summed E-state index contributed by atoms with van der Waals surface area (Å²) in [5, 5.41) is 0. The molecule has 7 aromatic carbocycles. The summed E-state index contributed by atoms with van der Waals surface area (Å²) in [5.74, 6) is 2.03. The molecule has 0 bridgehead atoms. The van der Waals surface area contributed by atoms with Gasteiger partial charge >= 0.3 is 0 Å². The van der Waals surface area contributed by atoms with Crippen LogP contribution >= 0.6 is 0 Å². The zero-order valence-electron chi connectivity index (χ0n) is 32.2. The Bertz CT molecular complexity index is 2920. The lowest BCUT2D eigenvalue weighted by atomic mass is 9.75. The topological polar surface area (TPSA) is 38.7 Å². The number of hydrogen-bond acceptors (Lipinski definition) is 3. The lowest BCUT2D eigenvalue weighted by Gasteiger charge is -2.28. The molecule has 268 valence electrons. The van der Waals surface area contributed by atoms with E-state index in [0.717, 1.165) is 40.7 Å². The summed E-state index contributed by atoms with van der Waals surface area (Å²) in [6.45, 7) is 9.41. The van der Waals surface area contributed by atoms with Crippen LogP contribution in [0.1, 0.15) is 67.5 Å². The molecule has 11 rings (SSSR count). The Hall–Kier alpha value is -6.45. The number of aromatic nitrogens is 3. The van der Waals surface area contributed by atoms with Gasteiger partial charge in [0.2, 0.25) is 0 Å². The van der Waals surface area contributed by atoms with Crippen molar-refractivity contribution < 1.29 is 0 Å². The van der Waals surface area contributed by atoms with Crippen molar-refractivity contribution in [1.29, 1.82) is 0 Å². The van der Waals surface area contributed by atoms with Gasteiger partial charge in [-0.3, -0.25) is 0 Å². The van der Waals surface area contributed by atoms with Gasteiger partial charge in [-0.05, 0) is 109 Å². The van der Waals surface area contributed by atoms with Gasteiger partial charge in [0.05, 0.1) is 0 Å². The molecule has 56 heavy (non-hydrogen) atoms. The molecule has 1 aromatic heterocycles. The third-order valence-corrected chi connectivity index (χ3v) is 13.1. The van der Waals surface area contributed by atoms with Gasteiger partial charge in [0, 0.05) is 27.5 Å². The second kappa shape index (κ2) is 12.0. The van der Waals surface area contributed by atoms with Crippen LogP contribution in [0.15, 0.2) is 152 Å². The predicted octanol–water partition coefficient (Wildman–Crippen LogP) is 13.1. The summed E-state index contributed by atoms with van der Waals surface area (Å²) in [6, 6.07) is 55.2. The smallest absolute Gasteiger partial charge is 0.164 e. The van der Waals surface area contributed by atoms with Crippen molar-refractivity contribution in [2.45, 2.75) is 51.4 Å². The molecule has 1 unspecified atom stereocenters. The third-order valence-electron chi connectivity index (χ3n) is 13.1. The molecule has 0 saturated heterocycles. The molecule has 0 N–H and O–H groups in total. The second-order valence-corrected chi connectivity index (χ2v) is 16.5. The van der Waals surface area contributed by atoms with Gasteiger partial charge in [0.15, 0.2) is 17.5 Å². The third kappa shape index (κ3) is 4.73. The normalized spacial score (nSPS) is 16.4. The van der Waals surface area contributed by atoms with Crippen molar-refractivity contribution in [1.82, 2.24) is 15.0 Å². The van der Waals surface area contributed by atoms with Crippen LogP contribution in [-0.2, 0) is 17.3 Å². The van der Waals surface area contributed by atoms with Gasteiger partial charge in [-0.25, -0.2) is 15.0 Å². The molecule has 0 aliphatic heterocycles. The largest absolute Gasteiger partial charge is 0.208 e. The standard InChI is InChI=1S/C53H41N3/c1-5-53(4)45-27-24-37(30-43(45)42-26-22-35-29-34-16-9-10-19-39(34)47(35)48(42)53)50-54-49(36-18-13-17-33(28-36)32-14-7-6-8-15-32)55-51(56-50)38-23-25-41-40-20-11-12-21-44(40)52(2,3)46(41)31-38/h6-28,30-31H,5,29H2,1-4H3. The maximum atomic E-state index is 5.31. The monoisotopic (exact) mass is 719 g/mol. The summed E-state index contributed by atoms with van der Waals surface area (Å²) >= 11 is 0. The molecule has 8 aromatic rings. The van der Waals surface area contributed by atoms with E-state index >= 15 is 0 Å². The van der Waals surface area contributed by atoms with Crippen molar-refractivity contribution in [3.05, 3.63) is 185 Å². The highest BCUT2D eigenvalue weighted by molar-refractivity contribution is 5.93. The average molecular weight is 720 g/mol. The van der Waals surface area contributed by atoms with Gasteiger partial charge in [-0.1, -0.05) is 161 Å². The summed E-state index contributed by atoms with van der Waals surface area (Å²) < 4.78 is 0. The van der Waals surface area contributed by atoms with Gasteiger partial charge in [0.1, 0.15) is 0 Å². The molecule has 1 atom stereocenters. The van der Waals surface area contributed by atoms with Crippen molar-refractivity contribution in [2.75, 3.05) is 0 Å². The zero-order valence-corrected chi connectivity index (χ0v) is 32.2. The van der Waals surface area contributed by atoms with Crippen LogP contribution in [0.5, 0.6) is 0 Å². The minimum absolute atomic E-state index is 0.103. The van der Waals surface area contributed by atoms with E-state index in [1.54, 1.807) is 0 Å². The van der Waals surface area contributed by atoms with E-state index < -0.39 is 0 Å². The summed E-state index contributed by atoms with van der Waals surface area (Å²) in [4.78, 5) is 15.8. The first-order valence-corrected chi connectivity index (χ1v) is 19.9. The zero-order chi connectivity index (χ0) is 37.8. The van der Waals surface area contributed by atoms with Crippen LogP contribution in [0.2, 0.25) is 0 Å². The van der Waals surface area contributed by atoms with E-state index in [4.69, 9.17) is 15.0 Å². The number of nitrogens with zero attached hydrogens (tertiary/aromatic N) is 3. The van der Waals surface area contributed by atoms with E-state index in [1.807, 2.05) is 0 Å². The molecular formula is C53H41N3. The molecule has 0 saturated carbocycles. The van der Waals surface area contributed by atoms with Crippen LogP contribution < -0.4 is 0 Å². The Morgan fingerprint density at radius 2 is 1.04 bits per heavy atom.